The number of rotatable bonds is 4. The minimum absolute atomic E-state index is 0.421. The Kier molecular flexibility index (Phi) is 4.84. The lowest BCUT2D eigenvalue weighted by atomic mass is 9.93. The molecule has 0 radical (unpaired) electrons. The summed E-state index contributed by atoms with van der Waals surface area (Å²) in [4.78, 5) is 11.5. The van der Waals surface area contributed by atoms with E-state index in [1.54, 1.807) is 6.33 Å². The van der Waals surface area contributed by atoms with Crippen LogP contribution in [0.2, 0.25) is 0 Å². The predicted molar refractivity (Wildman–Crippen MR) is 85.5 cm³/mol. The highest BCUT2D eigenvalue weighted by atomic mass is 15.2. The average molecular weight is 276 g/mol. The lowest BCUT2D eigenvalue weighted by Gasteiger charge is -2.39. The maximum absolute atomic E-state index is 4.63. The van der Waals surface area contributed by atoms with Crippen molar-refractivity contribution in [2.24, 2.45) is 5.92 Å². The van der Waals surface area contributed by atoms with Crippen LogP contribution in [-0.4, -0.2) is 29.1 Å². The number of hydrogen-bond donors (Lipinski definition) is 1. The van der Waals surface area contributed by atoms with E-state index in [0.717, 1.165) is 30.6 Å². The topological polar surface area (TPSA) is 41.1 Å². The van der Waals surface area contributed by atoms with Crippen molar-refractivity contribution in [1.82, 2.24) is 9.97 Å². The van der Waals surface area contributed by atoms with Gasteiger partial charge in [0, 0.05) is 24.7 Å². The Balaban J connectivity index is 2.41. The first kappa shape index (κ1) is 15.1. The van der Waals surface area contributed by atoms with Gasteiger partial charge in [-0.25, -0.2) is 9.97 Å². The molecule has 1 aliphatic heterocycles. The molecule has 2 heterocycles. The largest absolute Gasteiger partial charge is 0.370 e. The summed E-state index contributed by atoms with van der Waals surface area (Å²) >= 11 is 0. The van der Waals surface area contributed by atoms with Crippen LogP contribution in [0.3, 0.4) is 0 Å². The van der Waals surface area contributed by atoms with Gasteiger partial charge in [-0.1, -0.05) is 20.8 Å². The Morgan fingerprint density at radius 2 is 2.05 bits per heavy atom. The van der Waals surface area contributed by atoms with Gasteiger partial charge in [0.15, 0.2) is 0 Å². The molecule has 1 saturated heterocycles. The van der Waals surface area contributed by atoms with Crippen LogP contribution < -0.4 is 10.2 Å². The average Bonchev–Trinajstić information content (AvgIpc) is 2.41. The number of nitrogens with one attached hydrogen (secondary N) is 1. The molecule has 1 aliphatic rings. The minimum Gasteiger partial charge on any atom is -0.370 e. The lowest BCUT2D eigenvalue weighted by molar-refractivity contribution is 0.387. The Morgan fingerprint density at radius 3 is 2.70 bits per heavy atom. The van der Waals surface area contributed by atoms with Gasteiger partial charge < -0.3 is 10.2 Å². The molecule has 1 N–H and O–H groups in total. The van der Waals surface area contributed by atoms with Crippen LogP contribution in [0.15, 0.2) is 6.33 Å². The van der Waals surface area contributed by atoms with Crippen LogP contribution >= 0.6 is 0 Å². The van der Waals surface area contributed by atoms with Crippen LogP contribution in [0, 0.1) is 5.92 Å². The standard InChI is InChI=1S/C16H28N4/c1-6-17-15-14(11(2)3)16(19-10-18-15)20-9-12(4)7-8-13(20)5/h10-13H,6-9H2,1-5H3,(H,17,18,19). The first-order valence-corrected chi connectivity index (χ1v) is 7.90. The second-order valence-corrected chi connectivity index (χ2v) is 6.33. The third-order valence-corrected chi connectivity index (χ3v) is 4.17. The van der Waals surface area contributed by atoms with E-state index in [-0.39, 0.29) is 0 Å². The first-order chi connectivity index (χ1) is 9.54. The van der Waals surface area contributed by atoms with Gasteiger partial charge in [-0.2, -0.15) is 0 Å². The smallest absolute Gasteiger partial charge is 0.137 e. The molecular weight excluding hydrogens is 248 g/mol. The van der Waals surface area contributed by atoms with Gasteiger partial charge in [-0.3, -0.25) is 0 Å². The molecule has 4 heteroatoms. The Hall–Kier alpha value is -1.32. The number of nitrogens with zero attached hydrogens (tertiary/aromatic N) is 3. The maximum atomic E-state index is 4.63. The lowest BCUT2D eigenvalue weighted by Crippen LogP contribution is -2.42. The normalized spacial score (nSPS) is 23.2. The van der Waals surface area contributed by atoms with Crippen LogP contribution in [0.1, 0.15) is 58.9 Å². The Morgan fingerprint density at radius 1 is 1.30 bits per heavy atom. The molecule has 0 amide bonds. The summed E-state index contributed by atoms with van der Waals surface area (Å²) in [5.41, 5.74) is 1.26. The zero-order valence-corrected chi connectivity index (χ0v) is 13.5. The van der Waals surface area contributed by atoms with Crippen LogP contribution in [0.25, 0.3) is 0 Å². The van der Waals surface area contributed by atoms with Gasteiger partial charge in [0.25, 0.3) is 0 Å². The van der Waals surface area contributed by atoms with E-state index >= 15 is 0 Å². The Labute approximate surface area is 123 Å². The summed E-state index contributed by atoms with van der Waals surface area (Å²) < 4.78 is 0. The molecule has 1 fully saturated rings. The number of piperidine rings is 1. The zero-order valence-electron chi connectivity index (χ0n) is 13.5. The van der Waals surface area contributed by atoms with E-state index in [4.69, 9.17) is 0 Å². The van der Waals surface area contributed by atoms with E-state index in [1.807, 2.05) is 0 Å². The van der Waals surface area contributed by atoms with Crippen LogP contribution in [-0.2, 0) is 0 Å². The summed E-state index contributed by atoms with van der Waals surface area (Å²) in [7, 11) is 0. The second kappa shape index (κ2) is 6.42. The van der Waals surface area contributed by atoms with Gasteiger partial charge in [0.2, 0.25) is 0 Å². The van der Waals surface area contributed by atoms with Gasteiger partial charge in [-0.15, -0.1) is 0 Å². The maximum Gasteiger partial charge on any atom is 0.137 e. The molecular formula is C16H28N4. The quantitative estimate of drug-likeness (QED) is 0.911. The molecule has 0 aromatic carbocycles. The van der Waals surface area contributed by atoms with E-state index in [9.17, 15) is 0 Å². The summed E-state index contributed by atoms with van der Waals surface area (Å²) in [6.45, 7) is 13.2. The van der Waals surface area contributed by atoms with Gasteiger partial charge in [-0.05, 0) is 38.5 Å². The molecule has 0 bridgehead atoms. The van der Waals surface area contributed by atoms with Crippen molar-refractivity contribution in [1.29, 1.82) is 0 Å². The SMILES string of the molecule is CCNc1ncnc(N2CC(C)CCC2C)c1C(C)C. The molecule has 2 atom stereocenters. The van der Waals surface area contributed by atoms with Crippen molar-refractivity contribution in [3.05, 3.63) is 11.9 Å². The third-order valence-electron chi connectivity index (χ3n) is 4.17. The first-order valence-electron chi connectivity index (χ1n) is 7.90. The fourth-order valence-electron chi connectivity index (χ4n) is 3.04. The Bertz CT molecular complexity index is 444. The molecule has 4 nitrogen and oxygen atoms in total. The predicted octanol–water partition coefficient (Wildman–Crippen LogP) is 3.66. The molecule has 1 aromatic rings. The molecule has 112 valence electrons. The van der Waals surface area contributed by atoms with E-state index in [0.29, 0.717) is 12.0 Å². The fourth-order valence-corrected chi connectivity index (χ4v) is 3.04. The fraction of sp³-hybridized carbons (Fsp3) is 0.750. The van der Waals surface area contributed by atoms with Gasteiger partial charge >= 0.3 is 0 Å². The van der Waals surface area contributed by atoms with Crippen molar-refractivity contribution in [3.63, 3.8) is 0 Å². The molecule has 0 saturated carbocycles. The second-order valence-electron chi connectivity index (χ2n) is 6.33. The number of anilines is 2. The van der Waals surface area contributed by atoms with E-state index < -0.39 is 0 Å². The molecule has 1 aromatic heterocycles. The molecule has 20 heavy (non-hydrogen) atoms. The van der Waals surface area contributed by atoms with E-state index in [2.05, 4.69) is 54.8 Å². The molecule has 0 spiro atoms. The highest BCUT2D eigenvalue weighted by Crippen LogP contribution is 2.34. The highest BCUT2D eigenvalue weighted by Gasteiger charge is 2.27. The summed E-state index contributed by atoms with van der Waals surface area (Å²) in [6, 6.07) is 0.563. The van der Waals surface area contributed by atoms with E-state index in [1.165, 1.54) is 18.4 Å². The zero-order chi connectivity index (χ0) is 14.7. The molecule has 2 rings (SSSR count). The van der Waals surface area contributed by atoms with Crippen molar-refractivity contribution in [2.75, 3.05) is 23.3 Å². The minimum atomic E-state index is 0.421. The van der Waals surface area contributed by atoms with Crippen LogP contribution in [0.4, 0.5) is 11.6 Å². The molecule has 0 aliphatic carbocycles. The van der Waals surface area contributed by atoms with Crippen molar-refractivity contribution in [2.45, 2.75) is 59.4 Å². The van der Waals surface area contributed by atoms with Crippen molar-refractivity contribution >= 4 is 11.6 Å². The van der Waals surface area contributed by atoms with Gasteiger partial charge in [0.05, 0.1) is 0 Å². The molecule has 2 unspecified atom stereocenters. The third kappa shape index (κ3) is 3.05. The highest BCUT2D eigenvalue weighted by molar-refractivity contribution is 5.61. The summed E-state index contributed by atoms with van der Waals surface area (Å²) in [5.74, 6) is 3.29. The van der Waals surface area contributed by atoms with Crippen molar-refractivity contribution < 1.29 is 0 Å². The van der Waals surface area contributed by atoms with Crippen molar-refractivity contribution in [3.8, 4) is 0 Å². The summed E-state index contributed by atoms with van der Waals surface area (Å²) in [5, 5.41) is 3.39. The monoisotopic (exact) mass is 276 g/mol. The van der Waals surface area contributed by atoms with Gasteiger partial charge in [0.1, 0.15) is 18.0 Å². The van der Waals surface area contributed by atoms with Crippen LogP contribution in [0.5, 0.6) is 0 Å². The number of aromatic nitrogens is 2. The summed E-state index contributed by atoms with van der Waals surface area (Å²) in [6.07, 6.45) is 4.27. The number of hydrogen-bond acceptors (Lipinski definition) is 4.